The van der Waals surface area contributed by atoms with Crippen LogP contribution in [0.25, 0.3) is 6.08 Å². The first-order valence-corrected chi connectivity index (χ1v) is 9.43. The van der Waals surface area contributed by atoms with E-state index in [1.54, 1.807) is 30.8 Å². The molecular weight excluding hydrogens is 398 g/mol. The van der Waals surface area contributed by atoms with Crippen LogP contribution in [0.15, 0.2) is 18.2 Å². The molecule has 0 saturated heterocycles. The highest BCUT2D eigenvalue weighted by Gasteiger charge is 2.20. The second kappa shape index (κ2) is 8.57. The molecule has 0 aliphatic carbocycles. The number of nitrogens with one attached hydrogen (secondary N) is 1. The fraction of sp³-hybridized carbons (Fsp3) is 0.350. The normalized spacial score (nSPS) is 14.0. The van der Waals surface area contributed by atoms with Crippen LogP contribution in [0.5, 0.6) is 11.5 Å². The lowest BCUT2D eigenvalue weighted by Crippen LogP contribution is -2.29. The number of nitrogens with zero attached hydrogens (tertiary/aromatic N) is 2. The van der Waals surface area contributed by atoms with Gasteiger partial charge in [0.1, 0.15) is 13.2 Å². The highest BCUT2D eigenvalue weighted by Crippen LogP contribution is 2.38. The number of amides is 1. The molecule has 0 unspecified atom stereocenters. The number of fused-ring (bicyclic) bond motifs is 1. The van der Waals surface area contributed by atoms with E-state index in [0.717, 1.165) is 5.69 Å². The molecule has 3 rings (SSSR count). The Morgan fingerprint density at radius 3 is 2.72 bits per heavy atom. The van der Waals surface area contributed by atoms with Gasteiger partial charge in [-0.05, 0) is 44.5 Å². The predicted molar refractivity (Wildman–Crippen MR) is 108 cm³/mol. The van der Waals surface area contributed by atoms with E-state index in [4.69, 9.17) is 25.8 Å². The molecule has 0 fully saturated rings. The van der Waals surface area contributed by atoms with E-state index < -0.39 is 18.0 Å². The molecule has 1 N–H and O–H groups in total. The molecule has 1 aliphatic rings. The van der Waals surface area contributed by atoms with Gasteiger partial charge in [0.15, 0.2) is 17.6 Å². The number of anilines is 1. The highest BCUT2D eigenvalue weighted by atomic mass is 35.5. The number of aryl methyl sites for hydroxylation is 2. The predicted octanol–water partition coefficient (Wildman–Crippen LogP) is 3.05. The molecule has 2 aromatic rings. The molecule has 1 amide bonds. The minimum absolute atomic E-state index is 0.394. The van der Waals surface area contributed by atoms with Crippen molar-refractivity contribution in [2.75, 3.05) is 18.5 Å². The van der Waals surface area contributed by atoms with Crippen molar-refractivity contribution < 1.29 is 23.8 Å². The van der Waals surface area contributed by atoms with Crippen LogP contribution in [0.4, 0.5) is 5.69 Å². The number of benzene rings is 1. The van der Waals surface area contributed by atoms with Gasteiger partial charge in [-0.1, -0.05) is 11.6 Å². The zero-order chi connectivity index (χ0) is 21.1. The Morgan fingerprint density at radius 2 is 2.03 bits per heavy atom. The third-order valence-corrected chi connectivity index (χ3v) is 4.73. The van der Waals surface area contributed by atoms with Gasteiger partial charge in [0.25, 0.3) is 5.91 Å². The van der Waals surface area contributed by atoms with Crippen LogP contribution in [0.1, 0.15) is 23.9 Å². The first-order chi connectivity index (χ1) is 13.8. The van der Waals surface area contributed by atoms with Crippen LogP contribution in [0.3, 0.4) is 0 Å². The third kappa shape index (κ3) is 4.71. The lowest BCUT2D eigenvalue weighted by molar-refractivity contribution is -0.148. The quantitative estimate of drug-likeness (QED) is 0.591. The average Bonchev–Trinajstić information content (AvgIpc) is 2.92. The van der Waals surface area contributed by atoms with Crippen molar-refractivity contribution in [3.8, 4) is 11.5 Å². The van der Waals surface area contributed by atoms with Crippen LogP contribution in [0, 0.1) is 13.8 Å². The van der Waals surface area contributed by atoms with E-state index >= 15 is 0 Å². The Bertz CT molecular complexity index is 983. The Balaban J connectivity index is 1.61. The molecule has 29 heavy (non-hydrogen) atoms. The van der Waals surface area contributed by atoms with Crippen LogP contribution >= 0.6 is 11.6 Å². The fourth-order valence-electron chi connectivity index (χ4n) is 2.84. The van der Waals surface area contributed by atoms with Crippen molar-refractivity contribution in [1.82, 2.24) is 9.78 Å². The van der Waals surface area contributed by atoms with Crippen LogP contribution in [0.2, 0.25) is 5.02 Å². The Morgan fingerprint density at radius 1 is 1.31 bits per heavy atom. The van der Waals surface area contributed by atoms with Gasteiger partial charge in [-0.15, -0.1) is 0 Å². The molecule has 1 aliphatic heterocycles. The molecule has 8 nitrogen and oxygen atoms in total. The summed E-state index contributed by atoms with van der Waals surface area (Å²) >= 11 is 6.18. The van der Waals surface area contributed by atoms with E-state index in [1.807, 2.05) is 6.92 Å². The molecule has 0 radical (unpaired) electrons. The summed E-state index contributed by atoms with van der Waals surface area (Å²) in [6, 6.07) is 3.37. The van der Waals surface area contributed by atoms with Crippen LogP contribution < -0.4 is 14.8 Å². The summed E-state index contributed by atoms with van der Waals surface area (Å²) in [5.74, 6) is -0.0812. The van der Waals surface area contributed by atoms with E-state index in [-0.39, 0.29) is 0 Å². The fourth-order valence-corrected chi connectivity index (χ4v) is 3.11. The van der Waals surface area contributed by atoms with Gasteiger partial charge < -0.3 is 19.5 Å². The Labute approximate surface area is 173 Å². The van der Waals surface area contributed by atoms with Gasteiger partial charge in [0.2, 0.25) is 0 Å². The third-order valence-electron chi connectivity index (χ3n) is 4.45. The number of hydrogen-bond donors (Lipinski definition) is 1. The minimum Gasteiger partial charge on any atom is -0.486 e. The van der Waals surface area contributed by atoms with Gasteiger partial charge in [-0.3, -0.25) is 9.48 Å². The zero-order valence-corrected chi connectivity index (χ0v) is 17.4. The van der Waals surface area contributed by atoms with Crippen molar-refractivity contribution in [2.24, 2.45) is 7.05 Å². The highest BCUT2D eigenvalue weighted by molar-refractivity contribution is 6.32. The number of carbonyl (C=O) groups excluding carboxylic acids is 2. The largest absolute Gasteiger partial charge is 0.486 e. The summed E-state index contributed by atoms with van der Waals surface area (Å²) in [7, 11) is 1.79. The average molecular weight is 420 g/mol. The standard InChI is InChI=1S/C20H22ClN3O5/c1-11-18(12(2)24(4)23-11)22-20(26)13(3)29-17(25)6-5-14-9-15(21)19-16(10-14)27-7-8-28-19/h5-6,9-10,13H,7-8H2,1-4H3,(H,22,26)/b6-5+/t13-/m0/s1. The smallest absolute Gasteiger partial charge is 0.331 e. The molecular formula is C20H22ClN3O5. The number of aromatic nitrogens is 2. The van der Waals surface area contributed by atoms with Gasteiger partial charge >= 0.3 is 5.97 Å². The summed E-state index contributed by atoms with van der Waals surface area (Å²) in [6.45, 7) is 6.00. The number of ether oxygens (including phenoxy) is 3. The molecule has 1 aromatic heterocycles. The first-order valence-electron chi connectivity index (χ1n) is 9.05. The van der Waals surface area contributed by atoms with Crippen molar-refractivity contribution in [2.45, 2.75) is 26.9 Å². The van der Waals surface area contributed by atoms with Gasteiger partial charge in [0.05, 0.1) is 22.1 Å². The number of carbonyl (C=O) groups is 2. The first kappa shape index (κ1) is 20.7. The summed E-state index contributed by atoms with van der Waals surface area (Å²) in [5.41, 5.74) is 2.76. The maximum atomic E-state index is 12.3. The molecule has 0 spiro atoms. The molecule has 154 valence electrons. The Kier molecular flexibility index (Phi) is 6.12. The molecule has 0 bridgehead atoms. The zero-order valence-electron chi connectivity index (χ0n) is 16.6. The van der Waals surface area contributed by atoms with Crippen molar-refractivity contribution in [3.05, 3.63) is 40.2 Å². The number of hydrogen-bond acceptors (Lipinski definition) is 6. The van der Waals surface area contributed by atoms with Crippen molar-refractivity contribution in [3.63, 3.8) is 0 Å². The molecule has 1 atom stereocenters. The van der Waals surface area contributed by atoms with E-state index in [0.29, 0.717) is 46.7 Å². The number of halogens is 1. The lowest BCUT2D eigenvalue weighted by atomic mass is 10.2. The summed E-state index contributed by atoms with van der Waals surface area (Å²) < 4.78 is 17.8. The summed E-state index contributed by atoms with van der Waals surface area (Å²) in [6.07, 6.45) is 1.79. The molecule has 2 heterocycles. The second-order valence-electron chi connectivity index (χ2n) is 6.60. The summed E-state index contributed by atoms with van der Waals surface area (Å²) in [5, 5.41) is 7.38. The maximum Gasteiger partial charge on any atom is 0.331 e. The Hall–Kier alpha value is -3.00. The van der Waals surface area contributed by atoms with Crippen molar-refractivity contribution in [1.29, 1.82) is 0 Å². The molecule has 1 aromatic carbocycles. The van der Waals surface area contributed by atoms with E-state index in [2.05, 4.69) is 10.4 Å². The van der Waals surface area contributed by atoms with E-state index in [1.165, 1.54) is 19.1 Å². The minimum atomic E-state index is -0.977. The van der Waals surface area contributed by atoms with Crippen LogP contribution in [-0.2, 0) is 21.4 Å². The SMILES string of the molecule is Cc1nn(C)c(C)c1NC(=O)[C@H](C)OC(=O)/C=C/c1cc(Cl)c2c(c1)OCCO2. The van der Waals surface area contributed by atoms with Gasteiger partial charge in [-0.25, -0.2) is 4.79 Å². The van der Waals surface area contributed by atoms with Gasteiger partial charge in [-0.2, -0.15) is 5.10 Å². The monoisotopic (exact) mass is 419 g/mol. The maximum absolute atomic E-state index is 12.3. The number of esters is 1. The molecule has 0 saturated carbocycles. The van der Waals surface area contributed by atoms with E-state index in [9.17, 15) is 9.59 Å². The molecule has 9 heteroatoms. The summed E-state index contributed by atoms with van der Waals surface area (Å²) in [4.78, 5) is 24.4. The second-order valence-corrected chi connectivity index (χ2v) is 7.01. The van der Waals surface area contributed by atoms with Crippen molar-refractivity contribution >= 4 is 35.2 Å². The lowest BCUT2D eigenvalue weighted by Gasteiger charge is -2.19. The van der Waals surface area contributed by atoms with Crippen LogP contribution in [-0.4, -0.2) is 41.0 Å². The van der Waals surface area contributed by atoms with Gasteiger partial charge in [0, 0.05) is 13.1 Å². The topological polar surface area (TPSA) is 91.7 Å². The number of rotatable bonds is 5.